The summed E-state index contributed by atoms with van der Waals surface area (Å²) >= 11 is 0. The number of hydrogen-bond donors (Lipinski definition) is 0. The van der Waals surface area contributed by atoms with Crippen LogP contribution in [-0.2, 0) is 14.2 Å². The highest BCUT2D eigenvalue weighted by molar-refractivity contribution is 5.69. The molecule has 18 heavy (non-hydrogen) atoms. The van der Waals surface area contributed by atoms with Crippen LogP contribution in [0.5, 0.6) is 0 Å². The summed E-state index contributed by atoms with van der Waals surface area (Å²) in [4.78, 5) is 14.0. The average Bonchev–Trinajstić information content (AvgIpc) is 2.83. The molecule has 2 aliphatic rings. The fourth-order valence-electron chi connectivity index (χ4n) is 2.38. The highest BCUT2D eigenvalue weighted by atomic mass is 16.6. The molecule has 1 amide bonds. The van der Waals surface area contributed by atoms with E-state index in [0.717, 1.165) is 6.42 Å². The Kier molecular flexibility index (Phi) is 3.32. The van der Waals surface area contributed by atoms with Gasteiger partial charge in [-0.15, -0.1) is 0 Å². The van der Waals surface area contributed by atoms with Gasteiger partial charge in [-0.25, -0.2) is 4.79 Å². The number of carbonyl (C=O) groups is 1. The second-order valence-corrected chi connectivity index (χ2v) is 6.34. The van der Waals surface area contributed by atoms with Crippen molar-refractivity contribution in [2.24, 2.45) is 0 Å². The van der Waals surface area contributed by atoms with E-state index in [2.05, 4.69) is 0 Å². The summed E-state index contributed by atoms with van der Waals surface area (Å²) in [5.41, 5.74) is -0.692. The molecule has 0 bridgehead atoms. The molecule has 0 aromatic rings. The molecule has 0 aromatic heterocycles. The van der Waals surface area contributed by atoms with Crippen LogP contribution in [0.2, 0.25) is 0 Å². The Hall–Kier alpha value is -0.810. The molecule has 2 heterocycles. The number of carbonyl (C=O) groups excluding carboxylic acids is 1. The van der Waals surface area contributed by atoms with Crippen molar-refractivity contribution in [2.75, 3.05) is 20.3 Å². The molecule has 5 nitrogen and oxygen atoms in total. The number of ether oxygens (including phenoxy) is 3. The first-order valence-corrected chi connectivity index (χ1v) is 6.41. The first kappa shape index (κ1) is 13.6. The van der Waals surface area contributed by atoms with Gasteiger partial charge in [-0.3, -0.25) is 4.90 Å². The van der Waals surface area contributed by atoms with Crippen LogP contribution in [0.15, 0.2) is 0 Å². The third kappa shape index (κ3) is 2.78. The fourth-order valence-corrected chi connectivity index (χ4v) is 2.38. The number of hydrogen-bond acceptors (Lipinski definition) is 4. The minimum atomic E-state index is -0.474. The lowest BCUT2D eigenvalue weighted by atomic mass is 10.0. The summed E-state index contributed by atoms with van der Waals surface area (Å²) in [5.74, 6) is 0. The molecule has 2 rings (SSSR count). The van der Waals surface area contributed by atoms with Gasteiger partial charge in [0.25, 0.3) is 0 Å². The van der Waals surface area contributed by atoms with E-state index in [0.29, 0.717) is 13.2 Å². The highest BCUT2D eigenvalue weighted by Gasteiger charge is 2.55. The van der Waals surface area contributed by atoms with Gasteiger partial charge in [0.05, 0.1) is 25.3 Å². The maximum atomic E-state index is 12.2. The standard InChI is InChI=1S/C13H23NO4/c1-12(2,3)18-11(15)14-7-9(16-5)6-10(14)13(4)8-17-13/h9-10H,6-8H2,1-5H3. The molecule has 0 N–H and O–H groups in total. The quantitative estimate of drug-likeness (QED) is 0.708. The Labute approximate surface area is 108 Å². The Bertz CT molecular complexity index is 332. The van der Waals surface area contributed by atoms with Gasteiger partial charge in [0, 0.05) is 7.11 Å². The summed E-state index contributed by atoms with van der Waals surface area (Å²) in [6, 6.07) is 0.0531. The van der Waals surface area contributed by atoms with Crippen molar-refractivity contribution >= 4 is 6.09 Å². The minimum absolute atomic E-state index is 0.0531. The zero-order chi connectivity index (χ0) is 13.6. The smallest absolute Gasteiger partial charge is 0.410 e. The number of nitrogens with zero attached hydrogens (tertiary/aromatic N) is 1. The van der Waals surface area contributed by atoms with Crippen molar-refractivity contribution in [3.63, 3.8) is 0 Å². The fraction of sp³-hybridized carbons (Fsp3) is 0.923. The molecular weight excluding hydrogens is 234 g/mol. The van der Waals surface area contributed by atoms with Gasteiger partial charge in [0.1, 0.15) is 11.2 Å². The Morgan fingerprint density at radius 3 is 2.50 bits per heavy atom. The van der Waals surface area contributed by atoms with Crippen molar-refractivity contribution in [3.8, 4) is 0 Å². The molecule has 0 saturated carbocycles. The van der Waals surface area contributed by atoms with Crippen molar-refractivity contribution in [3.05, 3.63) is 0 Å². The topological polar surface area (TPSA) is 51.3 Å². The van der Waals surface area contributed by atoms with Gasteiger partial charge in [0.2, 0.25) is 0 Å². The second kappa shape index (κ2) is 4.38. The van der Waals surface area contributed by atoms with Crippen molar-refractivity contribution in [1.29, 1.82) is 0 Å². The lowest BCUT2D eigenvalue weighted by Crippen LogP contribution is -2.45. The summed E-state index contributed by atoms with van der Waals surface area (Å²) in [7, 11) is 1.68. The molecule has 104 valence electrons. The van der Waals surface area contributed by atoms with Crippen LogP contribution >= 0.6 is 0 Å². The number of rotatable bonds is 2. The summed E-state index contributed by atoms with van der Waals surface area (Å²) < 4.78 is 16.3. The van der Waals surface area contributed by atoms with Crippen LogP contribution in [-0.4, -0.2) is 54.6 Å². The first-order chi connectivity index (χ1) is 8.25. The number of epoxide rings is 1. The van der Waals surface area contributed by atoms with E-state index in [9.17, 15) is 4.79 Å². The molecule has 2 saturated heterocycles. The van der Waals surface area contributed by atoms with E-state index in [1.54, 1.807) is 12.0 Å². The molecule has 5 heteroatoms. The van der Waals surface area contributed by atoms with Crippen LogP contribution in [0.4, 0.5) is 4.79 Å². The Morgan fingerprint density at radius 2 is 2.06 bits per heavy atom. The molecule has 0 aliphatic carbocycles. The Morgan fingerprint density at radius 1 is 1.44 bits per heavy atom. The van der Waals surface area contributed by atoms with E-state index in [1.165, 1.54) is 0 Å². The number of likely N-dealkylation sites (tertiary alicyclic amines) is 1. The summed E-state index contributed by atoms with van der Waals surface area (Å²) in [6.45, 7) is 8.94. The zero-order valence-electron chi connectivity index (χ0n) is 11.9. The lowest BCUT2D eigenvalue weighted by molar-refractivity contribution is 0.0138. The minimum Gasteiger partial charge on any atom is -0.444 e. The first-order valence-electron chi connectivity index (χ1n) is 6.41. The third-order valence-corrected chi connectivity index (χ3v) is 3.53. The molecule has 2 aliphatic heterocycles. The molecule has 0 radical (unpaired) electrons. The van der Waals surface area contributed by atoms with Gasteiger partial charge < -0.3 is 14.2 Å². The summed E-state index contributed by atoms with van der Waals surface area (Å²) in [5, 5.41) is 0. The van der Waals surface area contributed by atoms with Gasteiger partial charge in [0.15, 0.2) is 0 Å². The molecular formula is C13H23NO4. The van der Waals surface area contributed by atoms with Gasteiger partial charge in [-0.2, -0.15) is 0 Å². The monoisotopic (exact) mass is 257 g/mol. The van der Waals surface area contributed by atoms with Gasteiger partial charge >= 0.3 is 6.09 Å². The Balaban J connectivity index is 2.07. The lowest BCUT2D eigenvalue weighted by Gasteiger charge is -2.30. The van der Waals surface area contributed by atoms with Crippen LogP contribution in [0.25, 0.3) is 0 Å². The number of amides is 1. The maximum absolute atomic E-state index is 12.2. The predicted molar refractivity (Wildman–Crippen MR) is 66.5 cm³/mol. The van der Waals surface area contributed by atoms with Crippen molar-refractivity contribution in [1.82, 2.24) is 4.90 Å². The maximum Gasteiger partial charge on any atom is 0.410 e. The van der Waals surface area contributed by atoms with E-state index < -0.39 is 5.60 Å². The van der Waals surface area contributed by atoms with Gasteiger partial charge in [-0.1, -0.05) is 0 Å². The zero-order valence-corrected chi connectivity index (χ0v) is 11.9. The third-order valence-electron chi connectivity index (χ3n) is 3.53. The number of methoxy groups -OCH3 is 1. The van der Waals surface area contributed by atoms with E-state index >= 15 is 0 Å². The molecule has 3 unspecified atom stereocenters. The van der Waals surface area contributed by atoms with Crippen molar-refractivity contribution in [2.45, 2.75) is 57.5 Å². The van der Waals surface area contributed by atoms with Crippen LogP contribution in [0.3, 0.4) is 0 Å². The molecule has 0 spiro atoms. The largest absolute Gasteiger partial charge is 0.444 e. The predicted octanol–water partition coefficient (Wildman–Crippen LogP) is 1.80. The van der Waals surface area contributed by atoms with Crippen LogP contribution in [0, 0.1) is 0 Å². The van der Waals surface area contributed by atoms with Crippen LogP contribution in [0.1, 0.15) is 34.1 Å². The second-order valence-electron chi connectivity index (χ2n) is 6.34. The van der Waals surface area contributed by atoms with Gasteiger partial charge in [-0.05, 0) is 34.1 Å². The highest BCUT2D eigenvalue weighted by Crippen LogP contribution is 2.39. The van der Waals surface area contributed by atoms with E-state index in [-0.39, 0.29) is 23.8 Å². The van der Waals surface area contributed by atoms with Crippen molar-refractivity contribution < 1.29 is 19.0 Å². The molecule has 2 fully saturated rings. The SMILES string of the molecule is COC1CC(C2(C)CO2)N(C(=O)OC(C)(C)C)C1. The van der Waals surface area contributed by atoms with E-state index in [1.807, 2.05) is 27.7 Å². The summed E-state index contributed by atoms with van der Waals surface area (Å²) in [6.07, 6.45) is 0.610. The average molecular weight is 257 g/mol. The molecule has 0 aromatic carbocycles. The molecule has 3 atom stereocenters. The normalized spacial score (nSPS) is 35.7. The van der Waals surface area contributed by atoms with Crippen LogP contribution < -0.4 is 0 Å². The van der Waals surface area contributed by atoms with E-state index in [4.69, 9.17) is 14.2 Å².